The summed E-state index contributed by atoms with van der Waals surface area (Å²) in [5, 5.41) is -0.859. The quantitative estimate of drug-likeness (QED) is 0.684. The average Bonchev–Trinajstić information content (AvgIpc) is 2.59. The number of ether oxygens (including phenoxy) is 1. The van der Waals surface area contributed by atoms with Crippen molar-refractivity contribution in [1.29, 1.82) is 0 Å². The van der Waals surface area contributed by atoms with Crippen molar-refractivity contribution >= 4 is 19.9 Å². The standard InChI is InChI=1S/C19H29NO5S2/c1-3-11-25-19-10-9-17(12-15(19)2)27(23,24)20-13-18(14-20)26(21,22)16-7-5-4-6-8-16/h9-10,12,16,18H,3-8,11,13-14H2,1-2H3. The Morgan fingerprint density at radius 1 is 1.04 bits per heavy atom. The van der Waals surface area contributed by atoms with Gasteiger partial charge < -0.3 is 4.74 Å². The minimum atomic E-state index is -3.67. The second-order valence-corrected chi connectivity index (χ2v) is 12.0. The Kier molecular flexibility index (Phi) is 6.17. The zero-order chi connectivity index (χ0) is 19.7. The Balaban J connectivity index is 1.68. The summed E-state index contributed by atoms with van der Waals surface area (Å²) in [7, 11) is -6.92. The molecule has 152 valence electrons. The van der Waals surface area contributed by atoms with Gasteiger partial charge in [-0.15, -0.1) is 0 Å². The highest BCUT2D eigenvalue weighted by molar-refractivity contribution is 7.93. The summed E-state index contributed by atoms with van der Waals surface area (Å²) in [4.78, 5) is 0.192. The minimum Gasteiger partial charge on any atom is -0.493 e. The predicted molar refractivity (Wildman–Crippen MR) is 105 cm³/mol. The molecule has 1 aromatic rings. The number of sulfone groups is 1. The first kappa shape index (κ1) is 20.6. The molecule has 2 aliphatic rings. The van der Waals surface area contributed by atoms with E-state index < -0.39 is 25.1 Å². The Hall–Kier alpha value is -1.12. The zero-order valence-corrected chi connectivity index (χ0v) is 17.7. The van der Waals surface area contributed by atoms with E-state index in [-0.39, 0.29) is 23.2 Å². The molecule has 1 saturated carbocycles. The highest BCUT2D eigenvalue weighted by Gasteiger charge is 2.46. The second-order valence-electron chi connectivity index (χ2n) is 7.57. The molecule has 0 unspecified atom stereocenters. The van der Waals surface area contributed by atoms with Crippen molar-refractivity contribution < 1.29 is 21.6 Å². The van der Waals surface area contributed by atoms with Crippen LogP contribution in [0.25, 0.3) is 0 Å². The first-order valence-corrected chi connectivity index (χ1v) is 12.8. The third-order valence-corrected chi connectivity index (χ3v) is 10.00. The molecule has 3 rings (SSSR count). The monoisotopic (exact) mass is 415 g/mol. The molecule has 0 aromatic heterocycles. The first-order valence-electron chi connectivity index (χ1n) is 9.73. The summed E-state index contributed by atoms with van der Waals surface area (Å²) in [6.07, 6.45) is 5.29. The number of hydrogen-bond donors (Lipinski definition) is 0. The van der Waals surface area contributed by atoms with Crippen LogP contribution < -0.4 is 4.74 Å². The summed E-state index contributed by atoms with van der Waals surface area (Å²) < 4.78 is 58.0. The van der Waals surface area contributed by atoms with Crippen LogP contribution in [0.4, 0.5) is 0 Å². The van der Waals surface area contributed by atoms with Crippen molar-refractivity contribution in [2.75, 3.05) is 19.7 Å². The molecule has 2 fully saturated rings. The maximum absolute atomic E-state index is 12.8. The molecule has 1 heterocycles. The summed E-state index contributed by atoms with van der Waals surface area (Å²) in [6.45, 7) is 4.54. The first-order chi connectivity index (χ1) is 12.8. The average molecular weight is 416 g/mol. The fraction of sp³-hybridized carbons (Fsp3) is 0.684. The van der Waals surface area contributed by atoms with Crippen molar-refractivity contribution in [3.8, 4) is 5.75 Å². The normalized spacial score (nSPS) is 20.4. The van der Waals surface area contributed by atoms with Gasteiger partial charge in [0.1, 0.15) is 5.75 Å². The van der Waals surface area contributed by atoms with Gasteiger partial charge in [-0.05, 0) is 49.9 Å². The van der Waals surface area contributed by atoms with Crippen LogP contribution >= 0.6 is 0 Å². The van der Waals surface area contributed by atoms with Crippen LogP contribution in [-0.4, -0.2) is 51.3 Å². The van der Waals surface area contributed by atoms with Crippen LogP contribution in [0, 0.1) is 6.92 Å². The Bertz CT molecular complexity index is 867. The van der Waals surface area contributed by atoms with Gasteiger partial charge in [0.15, 0.2) is 9.84 Å². The van der Waals surface area contributed by atoms with Gasteiger partial charge in [-0.3, -0.25) is 0 Å². The predicted octanol–water partition coefficient (Wildman–Crippen LogP) is 2.90. The van der Waals surface area contributed by atoms with Crippen molar-refractivity contribution in [3.05, 3.63) is 23.8 Å². The molecular weight excluding hydrogens is 386 g/mol. The number of rotatable bonds is 7. The Morgan fingerprint density at radius 2 is 1.70 bits per heavy atom. The van der Waals surface area contributed by atoms with Crippen molar-refractivity contribution in [2.24, 2.45) is 0 Å². The van der Waals surface area contributed by atoms with Gasteiger partial charge in [-0.2, -0.15) is 4.31 Å². The van der Waals surface area contributed by atoms with Gasteiger partial charge in [-0.25, -0.2) is 16.8 Å². The van der Waals surface area contributed by atoms with E-state index in [4.69, 9.17) is 4.74 Å². The maximum Gasteiger partial charge on any atom is 0.243 e. The smallest absolute Gasteiger partial charge is 0.243 e. The van der Waals surface area contributed by atoms with E-state index in [1.807, 2.05) is 13.8 Å². The fourth-order valence-electron chi connectivity index (χ4n) is 3.78. The molecule has 0 bridgehead atoms. The van der Waals surface area contributed by atoms with Gasteiger partial charge in [0.2, 0.25) is 10.0 Å². The minimum absolute atomic E-state index is 0.0638. The number of nitrogens with zero attached hydrogens (tertiary/aromatic N) is 1. The lowest BCUT2D eigenvalue weighted by Crippen LogP contribution is -2.58. The van der Waals surface area contributed by atoms with E-state index in [0.29, 0.717) is 25.2 Å². The van der Waals surface area contributed by atoms with E-state index >= 15 is 0 Å². The molecule has 8 heteroatoms. The molecule has 27 heavy (non-hydrogen) atoms. The molecule has 0 radical (unpaired) electrons. The van der Waals surface area contributed by atoms with Crippen molar-refractivity contribution in [1.82, 2.24) is 4.31 Å². The van der Waals surface area contributed by atoms with Crippen LogP contribution in [0.1, 0.15) is 51.0 Å². The van der Waals surface area contributed by atoms with Gasteiger partial charge in [0.25, 0.3) is 0 Å². The van der Waals surface area contributed by atoms with E-state index in [1.54, 1.807) is 12.1 Å². The van der Waals surface area contributed by atoms with Crippen LogP contribution in [0.15, 0.2) is 23.1 Å². The van der Waals surface area contributed by atoms with Crippen molar-refractivity contribution in [3.63, 3.8) is 0 Å². The topological polar surface area (TPSA) is 80.8 Å². The van der Waals surface area contributed by atoms with Crippen LogP contribution in [0.5, 0.6) is 5.75 Å². The molecule has 0 amide bonds. The number of hydrogen-bond acceptors (Lipinski definition) is 5. The van der Waals surface area contributed by atoms with E-state index in [1.165, 1.54) is 10.4 Å². The largest absolute Gasteiger partial charge is 0.493 e. The molecule has 0 spiro atoms. The highest BCUT2D eigenvalue weighted by atomic mass is 32.2. The number of sulfonamides is 1. The molecule has 1 aliphatic heterocycles. The molecule has 6 nitrogen and oxygen atoms in total. The molecule has 1 saturated heterocycles. The van der Waals surface area contributed by atoms with Crippen molar-refractivity contribution in [2.45, 2.75) is 67.8 Å². The van der Waals surface area contributed by atoms with Crippen LogP contribution in [0.2, 0.25) is 0 Å². The Labute approximate surface area is 162 Å². The molecular formula is C19H29NO5S2. The number of benzene rings is 1. The van der Waals surface area contributed by atoms with E-state index in [0.717, 1.165) is 31.2 Å². The summed E-state index contributed by atoms with van der Waals surface area (Å²) in [5.74, 6) is 0.678. The van der Waals surface area contributed by atoms with E-state index in [9.17, 15) is 16.8 Å². The lowest BCUT2D eigenvalue weighted by atomic mass is 10.0. The molecule has 1 aliphatic carbocycles. The van der Waals surface area contributed by atoms with Crippen LogP contribution in [-0.2, 0) is 19.9 Å². The van der Waals surface area contributed by atoms with Gasteiger partial charge in [-0.1, -0.05) is 26.2 Å². The van der Waals surface area contributed by atoms with Gasteiger partial charge in [0, 0.05) is 13.1 Å². The van der Waals surface area contributed by atoms with Crippen LogP contribution in [0.3, 0.4) is 0 Å². The lowest BCUT2D eigenvalue weighted by molar-refractivity contribution is 0.305. The summed E-state index contributed by atoms with van der Waals surface area (Å²) in [6, 6.07) is 4.81. The summed E-state index contributed by atoms with van der Waals surface area (Å²) in [5.41, 5.74) is 0.761. The fourth-order valence-corrected chi connectivity index (χ4v) is 7.89. The van der Waals surface area contributed by atoms with Gasteiger partial charge in [0.05, 0.1) is 22.0 Å². The third kappa shape index (κ3) is 4.17. The van der Waals surface area contributed by atoms with E-state index in [2.05, 4.69) is 0 Å². The summed E-state index contributed by atoms with van der Waals surface area (Å²) >= 11 is 0. The molecule has 0 N–H and O–H groups in total. The van der Waals surface area contributed by atoms with Gasteiger partial charge >= 0.3 is 0 Å². The lowest BCUT2D eigenvalue weighted by Gasteiger charge is -2.39. The third-order valence-electron chi connectivity index (χ3n) is 5.54. The maximum atomic E-state index is 12.8. The second kappa shape index (κ2) is 8.09. The molecule has 0 atom stereocenters. The Morgan fingerprint density at radius 3 is 2.30 bits per heavy atom. The highest BCUT2D eigenvalue weighted by Crippen LogP contribution is 2.33. The SMILES string of the molecule is CCCOc1ccc(S(=O)(=O)N2CC(S(=O)(=O)C3CCCCC3)C2)cc1C. The number of aryl methyl sites for hydroxylation is 1. The zero-order valence-electron chi connectivity index (χ0n) is 16.1. The molecule has 1 aromatic carbocycles.